The highest BCUT2D eigenvalue weighted by Gasteiger charge is 2.80. The van der Waals surface area contributed by atoms with E-state index in [1.807, 2.05) is 6.92 Å². The molecule has 5 heteroatoms. The van der Waals surface area contributed by atoms with Crippen LogP contribution in [0.2, 0.25) is 0 Å². The minimum Gasteiger partial charge on any atom is -0.465 e. The predicted octanol–water partition coefficient (Wildman–Crippen LogP) is -0.567. The van der Waals surface area contributed by atoms with Crippen molar-refractivity contribution < 1.29 is 19.4 Å². The fourth-order valence-electron chi connectivity index (χ4n) is 3.46. The van der Waals surface area contributed by atoms with Crippen LogP contribution in [0, 0.1) is 5.41 Å². The van der Waals surface area contributed by atoms with Gasteiger partial charge >= 0.3 is 5.97 Å². The summed E-state index contributed by atoms with van der Waals surface area (Å²) in [6.07, 6.45) is 1.22. The van der Waals surface area contributed by atoms with Crippen LogP contribution in [-0.4, -0.2) is 48.6 Å². The molecule has 0 amide bonds. The maximum Gasteiger partial charge on any atom is 0.315 e. The highest BCUT2D eigenvalue weighted by atomic mass is 16.6. The van der Waals surface area contributed by atoms with Gasteiger partial charge in [0, 0.05) is 13.1 Å². The number of carbonyl (C=O) groups excluding carboxylic acids is 1. The molecule has 5 nitrogen and oxygen atoms in total. The summed E-state index contributed by atoms with van der Waals surface area (Å²) in [5.41, 5.74) is -1.40. The van der Waals surface area contributed by atoms with Crippen LogP contribution in [0.5, 0.6) is 0 Å². The Kier molecular flexibility index (Phi) is 1.95. The first kappa shape index (κ1) is 10.5. The summed E-state index contributed by atoms with van der Waals surface area (Å²) in [6.45, 7) is 3.58. The number of nitrogens with one attached hydrogen (secondary N) is 1. The lowest BCUT2D eigenvalue weighted by molar-refractivity contribution is -0.167. The van der Waals surface area contributed by atoms with E-state index in [1.54, 1.807) is 0 Å². The van der Waals surface area contributed by atoms with E-state index in [0.717, 1.165) is 0 Å². The van der Waals surface area contributed by atoms with E-state index in [4.69, 9.17) is 9.47 Å². The third-order valence-corrected chi connectivity index (χ3v) is 4.31. The maximum atomic E-state index is 12.1. The molecule has 90 valence electrons. The van der Waals surface area contributed by atoms with Crippen LogP contribution in [0.3, 0.4) is 0 Å². The van der Waals surface area contributed by atoms with Crippen LogP contribution in [0.1, 0.15) is 19.8 Å². The third kappa shape index (κ3) is 0.948. The van der Waals surface area contributed by atoms with E-state index < -0.39 is 16.6 Å². The Labute approximate surface area is 94.1 Å². The SMILES string of the molecule is CCOC(=O)C12CC(CO)(C1)OC21CNC1. The van der Waals surface area contributed by atoms with E-state index in [1.165, 1.54) is 0 Å². The van der Waals surface area contributed by atoms with Gasteiger partial charge in [-0.15, -0.1) is 0 Å². The van der Waals surface area contributed by atoms with Crippen molar-refractivity contribution in [2.75, 3.05) is 26.3 Å². The van der Waals surface area contributed by atoms with Gasteiger partial charge in [-0.25, -0.2) is 0 Å². The molecule has 4 rings (SSSR count). The molecule has 1 aliphatic carbocycles. The lowest BCUT2D eigenvalue weighted by Gasteiger charge is -2.49. The van der Waals surface area contributed by atoms with Crippen molar-refractivity contribution in [3.63, 3.8) is 0 Å². The molecule has 2 bridgehead atoms. The zero-order valence-electron chi connectivity index (χ0n) is 9.41. The van der Waals surface area contributed by atoms with Crippen molar-refractivity contribution in [2.24, 2.45) is 5.41 Å². The summed E-state index contributed by atoms with van der Waals surface area (Å²) < 4.78 is 11.1. The normalized spacial score (nSPS) is 42.6. The molecular formula is C11H17NO4. The van der Waals surface area contributed by atoms with Crippen LogP contribution in [0.15, 0.2) is 0 Å². The van der Waals surface area contributed by atoms with E-state index in [9.17, 15) is 9.90 Å². The van der Waals surface area contributed by atoms with Crippen LogP contribution >= 0.6 is 0 Å². The number of esters is 1. The second-order valence-corrected chi connectivity index (χ2v) is 5.20. The molecule has 1 saturated carbocycles. The third-order valence-electron chi connectivity index (χ3n) is 4.31. The van der Waals surface area contributed by atoms with Crippen molar-refractivity contribution in [1.29, 1.82) is 0 Å². The number of carbonyl (C=O) groups is 1. The number of aliphatic hydroxyl groups excluding tert-OH is 1. The van der Waals surface area contributed by atoms with Gasteiger partial charge in [-0.1, -0.05) is 0 Å². The zero-order chi connectivity index (χ0) is 11.4. The van der Waals surface area contributed by atoms with Gasteiger partial charge in [-0.3, -0.25) is 4.79 Å². The lowest BCUT2D eigenvalue weighted by Crippen LogP contribution is -2.68. The fraction of sp³-hybridized carbons (Fsp3) is 0.909. The summed E-state index contributed by atoms with van der Waals surface area (Å²) >= 11 is 0. The first-order valence-corrected chi connectivity index (χ1v) is 5.81. The molecule has 0 aromatic carbocycles. The monoisotopic (exact) mass is 227 g/mol. The Morgan fingerprint density at radius 1 is 1.50 bits per heavy atom. The van der Waals surface area contributed by atoms with Gasteiger partial charge in [-0.05, 0) is 19.8 Å². The van der Waals surface area contributed by atoms with E-state index in [-0.39, 0.29) is 12.6 Å². The molecule has 3 aliphatic heterocycles. The number of ether oxygens (including phenoxy) is 2. The van der Waals surface area contributed by atoms with Gasteiger partial charge in [0.05, 0.1) is 18.8 Å². The van der Waals surface area contributed by atoms with Crippen LogP contribution in [0.4, 0.5) is 0 Å². The molecule has 0 aromatic heterocycles. The number of hydrogen-bond acceptors (Lipinski definition) is 5. The van der Waals surface area contributed by atoms with Crippen molar-refractivity contribution in [1.82, 2.24) is 5.32 Å². The van der Waals surface area contributed by atoms with Gasteiger partial charge in [0.2, 0.25) is 0 Å². The molecule has 1 spiro atoms. The van der Waals surface area contributed by atoms with Crippen molar-refractivity contribution in [3.8, 4) is 0 Å². The summed E-state index contributed by atoms with van der Waals surface area (Å²) in [5.74, 6) is -0.155. The van der Waals surface area contributed by atoms with Gasteiger partial charge in [-0.2, -0.15) is 0 Å². The standard InChI is InChI=1S/C11H17NO4/c1-2-15-8(14)10-3-9(4-10,7-13)16-11(10)5-12-6-11/h12-13H,2-7H2,1H3. The molecule has 2 N–H and O–H groups in total. The average molecular weight is 227 g/mol. The topological polar surface area (TPSA) is 67.8 Å². The Morgan fingerprint density at radius 3 is 2.62 bits per heavy atom. The Balaban J connectivity index is 1.88. The first-order valence-electron chi connectivity index (χ1n) is 5.81. The smallest absolute Gasteiger partial charge is 0.315 e. The molecule has 0 atom stereocenters. The largest absolute Gasteiger partial charge is 0.465 e. The molecule has 3 heterocycles. The highest BCUT2D eigenvalue weighted by Crippen LogP contribution is 2.67. The predicted molar refractivity (Wildman–Crippen MR) is 54.8 cm³/mol. The number of rotatable bonds is 3. The van der Waals surface area contributed by atoms with Crippen molar-refractivity contribution in [2.45, 2.75) is 31.0 Å². The molecule has 4 fully saturated rings. The highest BCUT2D eigenvalue weighted by molar-refractivity contribution is 5.82. The van der Waals surface area contributed by atoms with Gasteiger partial charge in [0.15, 0.2) is 0 Å². The van der Waals surface area contributed by atoms with Crippen LogP contribution in [0.25, 0.3) is 0 Å². The van der Waals surface area contributed by atoms with E-state index in [0.29, 0.717) is 32.5 Å². The Hall–Kier alpha value is -0.650. The second-order valence-electron chi connectivity index (χ2n) is 5.20. The van der Waals surface area contributed by atoms with Crippen molar-refractivity contribution >= 4 is 5.97 Å². The average Bonchev–Trinajstić information content (AvgIpc) is 2.63. The van der Waals surface area contributed by atoms with E-state index >= 15 is 0 Å². The number of hydrogen-bond donors (Lipinski definition) is 2. The molecule has 4 aliphatic rings. The molecule has 0 aromatic rings. The van der Waals surface area contributed by atoms with Crippen molar-refractivity contribution in [3.05, 3.63) is 0 Å². The molecular weight excluding hydrogens is 210 g/mol. The van der Waals surface area contributed by atoms with Gasteiger partial charge < -0.3 is 19.9 Å². The summed E-state index contributed by atoms with van der Waals surface area (Å²) in [7, 11) is 0. The van der Waals surface area contributed by atoms with Crippen LogP contribution in [-0.2, 0) is 14.3 Å². The summed E-state index contributed by atoms with van der Waals surface area (Å²) in [4.78, 5) is 12.1. The number of aliphatic hydroxyl groups is 1. The lowest BCUT2D eigenvalue weighted by atomic mass is 9.54. The maximum absolute atomic E-state index is 12.1. The molecule has 3 saturated heterocycles. The van der Waals surface area contributed by atoms with Gasteiger partial charge in [0.25, 0.3) is 0 Å². The zero-order valence-corrected chi connectivity index (χ0v) is 9.41. The van der Waals surface area contributed by atoms with E-state index in [2.05, 4.69) is 5.32 Å². The molecule has 0 unspecified atom stereocenters. The molecule has 16 heavy (non-hydrogen) atoms. The minimum atomic E-state index is -0.503. The minimum absolute atomic E-state index is 0.00406. The Morgan fingerprint density at radius 2 is 2.19 bits per heavy atom. The van der Waals surface area contributed by atoms with Gasteiger partial charge in [0.1, 0.15) is 11.0 Å². The summed E-state index contributed by atoms with van der Waals surface area (Å²) in [5, 5.41) is 12.5. The Bertz CT molecular complexity index is 331. The quantitative estimate of drug-likeness (QED) is 0.632. The molecule has 0 radical (unpaired) electrons. The summed E-state index contributed by atoms with van der Waals surface area (Å²) in [6, 6.07) is 0. The second kappa shape index (κ2) is 2.97. The first-order chi connectivity index (χ1) is 7.62. The fourth-order valence-corrected chi connectivity index (χ4v) is 3.46. The van der Waals surface area contributed by atoms with Crippen LogP contribution < -0.4 is 5.32 Å².